The third kappa shape index (κ3) is 3.54. The normalized spacial score (nSPS) is 10.2. The number of aromatic nitrogens is 1. The molecule has 0 atom stereocenters. The Morgan fingerprint density at radius 2 is 2.32 bits per heavy atom. The highest BCUT2D eigenvalue weighted by atomic mass is 32.1. The smallest absolute Gasteiger partial charge is 0.254 e. The molecule has 2 rings (SSSR count). The Morgan fingerprint density at radius 1 is 1.47 bits per heavy atom. The first-order valence-electron chi connectivity index (χ1n) is 6.14. The average molecular weight is 275 g/mol. The van der Waals surface area contributed by atoms with Crippen molar-refractivity contribution in [2.24, 2.45) is 0 Å². The van der Waals surface area contributed by atoms with Crippen LogP contribution in [0.3, 0.4) is 0 Å². The summed E-state index contributed by atoms with van der Waals surface area (Å²) in [4.78, 5) is 16.2. The van der Waals surface area contributed by atoms with Gasteiger partial charge in [-0.1, -0.05) is 0 Å². The van der Waals surface area contributed by atoms with Crippen molar-refractivity contribution in [1.82, 2.24) is 10.3 Å². The molecule has 2 heterocycles. The van der Waals surface area contributed by atoms with E-state index in [2.05, 4.69) is 27.1 Å². The molecule has 0 spiro atoms. The number of hydrogen-bond acceptors (Lipinski definition) is 4. The van der Waals surface area contributed by atoms with Crippen molar-refractivity contribution in [1.29, 1.82) is 0 Å². The van der Waals surface area contributed by atoms with Crippen molar-refractivity contribution < 1.29 is 4.79 Å². The van der Waals surface area contributed by atoms with E-state index in [9.17, 15) is 4.79 Å². The molecule has 1 amide bonds. The number of nitrogens with one attached hydrogen (secondary N) is 2. The molecule has 4 nitrogen and oxygen atoms in total. The van der Waals surface area contributed by atoms with Crippen LogP contribution in [0.1, 0.15) is 21.6 Å². The predicted octanol–water partition coefficient (Wildman–Crippen LogP) is 2.47. The summed E-state index contributed by atoms with van der Waals surface area (Å²) < 4.78 is 0. The Kier molecular flexibility index (Phi) is 4.52. The summed E-state index contributed by atoms with van der Waals surface area (Å²) in [6.07, 6.45) is 2.46. The average Bonchev–Trinajstić information content (AvgIpc) is 2.91. The minimum absolute atomic E-state index is 0.0907. The monoisotopic (exact) mass is 275 g/mol. The molecular weight excluding hydrogens is 258 g/mol. The maximum atomic E-state index is 12.1. The van der Waals surface area contributed by atoms with Crippen LogP contribution in [0.5, 0.6) is 0 Å². The summed E-state index contributed by atoms with van der Waals surface area (Å²) in [6, 6.07) is 3.94. The summed E-state index contributed by atoms with van der Waals surface area (Å²) in [7, 11) is 1.80. The van der Waals surface area contributed by atoms with Crippen LogP contribution in [-0.2, 0) is 6.42 Å². The maximum Gasteiger partial charge on any atom is 0.254 e. The van der Waals surface area contributed by atoms with Crippen molar-refractivity contribution in [2.45, 2.75) is 13.3 Å². The van der Waals surface area contributed by atoms with Gasteiger partial charge in [0.1, 0.15) is 0 Å². The van der Waals surface area contributed by atoms with Crippen LogP contribution in [-0.4, -0.2) is 24.5 Å². The van der Waals surface area contributed by atoms with Gasteiger partial charge in [-0.25, -0.2) is 0 Å². The van der Waals surface area contributed by atoms with E-state index in [1.54, 1.807) is 24.6 Å². The quantitative estimate of drug-likeness (QED) is 0.881. The number of nitrogens with zero attached hydrogens (tertiary/aromatic N) is 1. The second-order valence-electron chi connectivity index (χ2n) is 4.26. The lowest BCUT2D eigenvalue weighted by molar-refractivity contribution is 0.0954. The fourth-order valence-electron chi connectivity index (χ4n) is 1.80. The maximum absolute atomic E-state index is 12.1. The predicted molar refractivity (Wildman–Crippen MR) is 78.9 cm³/mol. The van der Waals surface area contributed by atoms with Crippen LogP contribution >= 0.6 is 11.3 Å². The van der Waals surface area contributed by atoms with E-state index in [0.717, 1.165) is 17.8 Å². The lowest BCUT2D eigenvalue weighted by Gasteiger charge is -2.09. The highest BCUT2D eigenvalue weighted by molar-refractivity contribution is 7.07. The molecule has 0 saturated carbocycles. The van der Waals surface area contributed by atoms with Gasteiger partial charge < -0.3 is 10.6 Å². The second kappa shape index (κ2) is 6.33. The number of anilines is 1. The second-order valence-corrected chi connectivity index (χ2v) is 5.04. The number of hydrogen-bond donors (Lipinski definition) is 2. The highest BCUT2D eigenvalue weighted by Gasteiger charge is 2.11. The standard InChI is InChI=1S/C14H17N3OS/c1-10-7-13(15-2)12(8-17-10)14(18)16-5-3-11-4-6-19-9-11/h4,6-9H,3,5H2,1-2H3,(H,15,17)(H,16,18). The zero-order chi connectivity index (χ0) is 13.7. The minimum Gasteiger partial charge on any atom is -0.387 e. The molecule has 0 bridgehead atoms. The molecule has 5 heteroatoms. The Bertz CT molecular complexity index is 552. The van der Waals surface area contributed by atoms with Gasteiger partial charge in [-0.05, 0) is 41.8 Å². The Hall–Kier alpha value is -1.88. The fraction of sp³-hybridized carbons (Fsp3) is 0.286. The van der Waals surface area contributed by atoms with Crippen LogP contribution < -0.4 is 10.6 Å². The molecule has 100 valence electrons. The number of carbonyl (C=O) groups excluding carboxylic acids is 1. The third-order valence-electron chi connectivity index (χ3n) is 2.83. The molecule has 2 N–H and O–H groups in total. The van der Waals surface area contributed by atoms with E-state index in [-0.39, 0.29) is 5.91 Å². The number of rotatable bonds is 5. The van der Waals surface area contributed by atoms with Gasteiger partial charge in [-0.15, -0.1) is 0 Å². The number of pyridine rings is 1. The van der Waals surface area contributed by atoms with Gasteiger partial charge in [-0.3, -0.25) is 9.78 Å². The zero-order valence-electron chi connectivity index (χ0n) is 11.1. The topological polar surface area (TPSA) is 54.0 Å². The van der Waals surface area contributed by atoms with Gasteiger partial charge in [0.2, 0.25) is 0 Å². The molecule has 0 radical (unpaired) electrons. The van der Waals surface area contributed by atoms with E-state index < -0.39 is 0 Å². The summed E-state index contributed by atoms with van der Waals surface area (Å²) in [6.45, 7) is 2.53. The van der Waals surface area contributed by atoms with Crippen molar-refractivity contribution in [3.05, 3.63) is 45.9 Å². The first-order chi connectivity index (χ1) is 9.20. The van der Waals surface area contributed by atoms with Gasteiger partial charge in [0.15, 0.2) is 0 Å². The fourth-order valence-corrected chi connectivity index (χ4v) is 2.50. The van der Waals surface area contributed by atoms with Gasteiger partial charge in [-0.2, -0.15) is 11.3 Å². The largest absolute Gasteiger partial charge is 0.387 e. The molecule has 2 aromatic rings. The molecule has 0 saturated heterocycles. The van der Waals surface area contributed by atoms with E-state index >= 15 is 0 Å². The molecule has 0 aliphatic carbocycles. The van der Waals surface area contributed by atoms with Gasteiger partial charge in [0.05, 0.1) is 11.3 Å². The van der Waals surface area contributed by atoms with E-state index in [1.165, 1.54) is 5.56 Å². The van der Waals surface area contributed by atoms with Gasteiger partial charge >= 0.3 is 0 Å². The third-order valence-corrected chi connectivity index (χ3v) is 3.57. The molecule has 2 aromatic heterocycles. The number of thiophene rings is 1. The first kappa shape index (κ1) is 13.5. The van der Waals surface area contributed by atoms with E-state index in [1.807, 2.05) is 18.4 Å². The lowest BCUT2D eigenvalue weighted by Crippen LogP contribution is -2.26. The minimum atomic E-state index is -0.0907. The van der Waals surface area contributed by atoms with Crippen LogP contribution in [0, 0.1) is 6.92 Å². The Balaban J connectivity index is 1.96. The van der Waals surface area contributed by atoms with Crippen molar-refractivity contribution >= 4 is 22.9 Å². The summed E-state index contributed by atoms with van der Waals surface area (Å²) >= 11 is 1.67. The first-order valence-corrected chi connectivity index (χ1v) is 7.08. The summed E-state index contributed by atoms with van der Waals surface area (Å²) in [5, 5.41) is 10.1. The molecule has 0 aliphatic rings. The van der Waals surface area contributed by atoms with Gasteiger partial charge in [0, 0.05) is 25.5 Å². The molecule has 19 heavy (non-hydrogen) atoms. The van der Waals surface area contributed by atoms with Crippen molar-refractivity contribution in [3.63, 3.8) is 0 Å². The van der Waals surface area contributed by atoms with Gasteiger partial charge in [0.25, 0.3) is 5.91 Å². The number of amides is 1. The zero-order valence-corrected chi connectivity index (χ0v) is 11.9. The number of carbonyl (C=O) groups is 1. The lowest BCUT2D eigenvalue weighted by atomic mass is 10.2. The SMILES string of the molecule is CNc1cc(C)ncc1C(=O)NCCc1ccsc1. The van der Waals surface area contributed by atoms with Crippen LogP contribution in [0.15, 0.2) is 29.1 Å². The Morgan fingerprint density at radius 3 is 3.00 bits per heavy atom. The summed E-state index contributed by atoms with van der Waals surface area (Å²) in [5.41, 5.74) is 3.53. The van der Waals surface area contributed by atoms with Crippen molar-refractivity contribution in [2.75, 3.05) is 18.9 Å². The molecule has 0 aliphatic heterocycles. The molecule has 0 unspecified atom stereocenters. The van der Waals surface area contributed by atoms with Crippen LogP contribution in [0.2, 0.25) is 0 Å². The van der Waals surface area contributed by atoms with Crippen LogP contribution in [0.25, 0.3) is 0 Å². The van der Waals surface area contributed by atoms with Crippen molar-refractivity contribution in [3.8, 4) is 0 Å². The molecule has 0 aromatic carbocycles. The highest BCUT2D eigenvalue weighted by Crippen LogP contribution is 2.14. The molecular formula is C14H17N3OS. The number of aryl methyl sites for hydroxylation is 1. The van der Waals surface area contributed by atoms with E-state index in [4.69, 9.17) is 0 Å². The summed E-state index contributed by atoms with van der Waals surface area (Å²) in [5.74, 6) is -0.0907. The molecule has 0 fully saturated rings. The Labute approximate surface area is 116 Å². The van der Waals surface area contributed by atoms with E-state index in [0.29, 0.717) is 12.1 Å². The van der Waals surface area contributed by atoms with Crippen LogP contribution in [0.4, 0.5) is 5.69 Å².